The van der Waals surface area contributed by atoms with E-state index in [9.17, 15) is 4.79 Å². The predicted molar refractivity (Wildman–Crippen MR) is 156 cm³/mol. The molecule has 1 heterocycles. The topological polar surface area (TPSA) is 50.2 Å². The first-order chi connectivity index (χ1) is 18.3. The minimum atomic E-state index is -0.299. The van der Waals surface area contributed by atoms with Gasteiger partial charge in [-0.15, -0.1) is 0 Å². The lowest BCUT2D eigenvalue weighted by atomic mass is 9.81. The quantitative estimate of drug-likeness (QED) is 0.225. The molecule has 5 rings (SSSR count). The summed E-state index contributed by atoms with van der Waals surface area (Å²) in [6, 6.07) is 24.8. The van der Waals surface area contributed by atoms with Crippen LogP contribution in [-0.4, -0.2) is 15.5 Å². The molecule has 38 heavy (non-hydrogen) atoms. The normalized spacial score (nSPS) is 14.9. The van der Waals surface area contributed by atoms with E-state index in [1.54, 1.807) is 18.1 Å². The van der Waals surface area contributed by atoms with Crippen LogP contribution in [0.15, 0.2) is 90.1 Å². The number of nitrogens with one attached hydrogen (secondary N) is 1. The summed E-state index contributed by atoms with van der Waals surface area (Å²) < 4.78 is 5.60. The first-order valence-corrected chi connectivity index (χ1v) is 14.1. The maximum Gasteiger partial charge on any atom is 0.228 e. The highest BCUT2D eigenvalue weighted by molar-refractivity contribution is 7.97. The van der Waals surface area contributed by atoms with Crippen molar-refractivity contribution in [3.8, 4) is 0 Å². The minimum Gasteiger partial charge on any atom is -0.337 e. The SMILES string of the molecule is Cn1ccnc1CN(C(=O)CC(C)(C)c1ccccc1)c1ccc2c(c1)C(NSc1cccc(Cl)c1)CC2. The second kappa shape index (κ2) is 11.4. The number of carbonyl (C=O) groups is 1. The van der Waals surface area contributed by atoms with E-state index in [0.717, 1.165) is 39.8 Å². The Morgan fingerprint density at radius 1 is 1.13 bits per heavy atom. The van der Waals surface area contributed by atoms with E-state index < -0.39 is 0 Å². The van der Waals surface area contributed by atoms with E-state index in [0.29, 0.717) is 13.0 Å². The standard InChI is InChI=1S/C31H33ClN4OS/c1-31(2,23-8-5-4-6-9-23)20-30(37)36(21-29-33-16-17-35(29)3)25-14-12-22-13-15-28(27(22)19-25)34-38-26-11-7-10-24(32)18-26/h4-12,14,16-19,28,34H,13,15,20-21H2,1-3H3. The summed E-state index contributed by atoms with van der Waals surface area (Å²) in [6.07, 6.45) is 6.12. The lowest BCUT2D eigenvalue weighted by molar-refractivity contribution is -0.119. The lowest BCUT2D eigenvalue weighted by Gasteiger charge is -2.30. The van der Waals surface area contributed by atoms with Crippen molar-refractivity contribution < 1.29 is 4.79 Å². The molecule has 0 spiro atoms. The maximum atomic E-state index is 14.0. The van der Waals surface area contributed by atoms with Crippen molar-refractivity contribution in [1.82, 2.24) is 14.3 Å². The Balaban J connectivity index is 1.41. The smallest absolute Gasteiger partial charge is 0.228 e. The number of benzene rings is 3. The third-order valence-corrected chi connectivity index (χ3v) is 8.43. The van der Waals surface area contributed by atoms with E-state index in [4.69, 9.17) is 11.6 Å². The number of anilines is 1. The second-order valence-corrected chi connectivity index (χ2v) is 11.9. The van der Waals surface area contributed by atoms with E-state index in [1.165, 1.54) is 11.1 Å². The van der Waals surface area contributed by atoms with Crippen LogP contribution in [0.4, 0.5) is 5.69 Å². The van der Waals surface area contributed by atoms with Crippen LogP contribution in [0, 0.1) is 0 Å². The van der Waals surface area contributed by atoms with Crippen LogP contribution in [-0.2, 0) is 30.2 Å². The summed E-state index contributed by atoms with van der Waals surface area (Å²) in [5, 5.41) is 0.729. The number of hydrogen-bond donors (Lipinski definition) is 1. The first-order valence-electron chi connectivity index (χ1n) is 12.9. The Bertz CT molecular complexity index is 1420. The molecule has 1 aliphatic carbocycles. The highest BCUT2D eigenvalue weighted by Crippen LogP contribution is 2.37. The Morgan fingerprint density at radius 3 is 2.68 bits per heavy atom. The zero-order chi connectivity index (χ0) is 26.7. The van der Waals surface area contributed by atoms with E-state index in [1.807, 2.05) is 59.1 Å². The molecular weight excluding hydrogens is 512 g/mol. The zero-order valence-corrected chi connectivity index (χ0v) is 23.6. The molecule has 1 amide bonds. The molecule has 5 nitrogen and oxygen atoms in total. The molecule has 1 aromatic heterocycles. The Morgan fingerprint density at radius 2 is 1.95 bits per heavy atom. The monoisotopic (exact) mass is 544 g/mol. The summed E-state index contributed by atoms with van der Waals surface area (Å²) in [7, 11) is 1.97. The average Bonchev–Trinajstić information content (AvgIpc) is 3.51. The van der Waals surface area contributed by atoms with E-state index in [2.05, 4.69) is 60.0 Å². The fraction of sp³-hybridized carbons (Fsp3) is 0.290. The minimum absolute atomic E-state index is 0.0811. The molecule has 1 aliphatic rings. The largest absolute Gasteiger partial charge is 0.337 e. The number of fused-ring (bicyclic) bond motifs is 1. The molecule has 3 aromatic carbocycles. The molecule has 1 unspecified atom stereocenters. The molecule has 4 aromatic rings. The third kappa shape index (κ3) is 5.98. The summed E-state index contributed by atoms with van der Waals surface area (Å²) in [5.74, 6) is 0.931. The van der Waals surface area contributed by atoms with Crippen LogP contribution >= 0.6 is 23.5 Å². The number of rotatable bonds is 9. The number of imidazole rings is 1. The number of aryl methyl sites for hydroxylation is 2. The van der Waals surface area contributed by atoms with Gasteiger partial charge < -0.3 is 9.47 Å². The van der Waals surface area contributed by atoms with Crippen LogP contribution in [0.25, 0.3) is 0 Å². The van der Waals surface area contributed by atoms with Gasteiger partial charge >= 0.3 is 0 Å². The molecule has 196 valence electrons. The van der Waals surface area contributed by atoms with Crippen molar-refractivity contribution in [1.29, 1.82) is 0 Å². The van der Waals surface area contributed by atoms with Gasteiger partial charge in [0.15, 0.2) is 0 Å². The number of hydrogen-bond acceptors (Lipinski definition) is 4. The number of nitrogens with zero attached hydrogens (tertiary/aromatic N) is 3. The van der Waals surface area contributed by atoms with Crippen LogP contribution in [0.3, 0.4) is 0 Å². The van der Waals surface area contributed by atoms with Gasteiger partial charge in [-0.2, -0.15) is 0 Å². The molecule has 0 bridgehead atoms. The predicted octanol–water partition coefficient (Wildman–Crippen LogP) is 7.26. The molecule has 0 aliphatic heterocycles. The number of amides is 1. The van der Waals surface area contributed by atoms with Gasteiger partial charge in [0.2, 0.25) is 5.91 Å². The first kappa shape index (κ1) is 26.5. The van der Waals surface area contributed by atoms with Gasteiger partial charge in [-0.1, -0.05) is 67.9 Å². The van der Waals surface area contributed by atoms with Gasteiger partial charge in [0, 0.05) is 47.5 Å². The van der Waals surface area contributed by atoms with Crippen molar-refractivity contribution in [3.63, 3.8) is 0 Å². The van der Waals surface area contributed by atoms with E-state index >= 15 is 0 Å². The fourth-order valence-electron chi connectivity index (χ4n) is 5.03. The number of halogens is 1. The number of aromatic nitrogens is 2. The third-order valence-electron chi connectivity index (χ3n) is 7.30. The van der Waals surface area contributed by atoms with Crippen LogP contribution in [0.2, 0.25) is 5.02 Å². The van der Waals surface area contributed by atoms with Gasteiger partial charge in [0.25, 0.3) is 0 Å². The Labute approximate surface area is 234 Å². The van der Waals surface area contributed by atoms with Crippen molar-refractivity contribution >= 4 is 35.1 Å². The molecule has 0 radical (unpaired) electrons. The van der Waals surface area contributed by atoms with Crippen LogP contribution < -0.4 is 9.62 Å². The van der Waals surface area contributed by atoms with Gasteiger partial charge in [-0.05, 0) is 77.2 Å². The maximum absolute atomic E-state index is 14.0. The summed E-state index contributed by atoms with van der Waals surface area (Å²) in [4.78, 5) is 21.4. The molecule has 7 heteroatoms. The average molecular weight is 545 g/mol. The molecule has 0 fully saturated rings. The molecule has 1 atom stereocenters. The van der Waals surface area contributed by atoms with E-state index in [-0.39, 0.29) is 17.4 Å². The zero-order valence-electron chi connectivity index (χ0n) is 22.0. The van der Waals surface area contributed by atoms with Crippen molar-refractivity contribution in [2.45, 2.75) is 56.0 Å². The van der Waals surface area contributed by atoms with Crippen LogP contribution in [0.1, 0.15) is 55.2 Å². The highest BCUT2D eigenvalue weighted by atomic mass is 35.5. The summed E-state index contributed by atoms with van der Waals surface area (Å²) >= 11 is 7.77. The van der Waals surface area contributed by atoms with Crippen LogP contribution in [0.5, 0.6) is 0 Å². The van der Waals surface area contributed by atoms with Crippen molar-refractivity contribution in [2.75, 3.05) is 4.90 Å². The number of carbonyl (C=O) groups excluding carboxylic acids is 1. The second-order valence-electron chi connectivity index (χ2n) is 10.5. The van der Waals surface area contributed by atoms with Crippen molar-refractivity contribution in [3.05, 3.63) is 113 Å². The molecule has 0 saturated carbocycles. The van der Waals surface area contributed by atoms with Gasteiger partial charge in [-0.3, -0.25) is 9.52 Å². The summed E-state index contributed by atoms with van der Waals surface area (Å²) in [6.45, 7) is 4.69. The van der Waals surface area contributed by atoms with Gasteiger partial charge in [-0.25, -0.2) is 4.98 Å². The Hall–Kier alpha value is -3.06. The molecular formula is C31H33ClN4OS. The lowest BCUT2D eigenvalue weighted by Crippen LogP contribution is -2.36. The van der Waals surface area contributed by atoms with Crippen molar-refractivity contribution in [2.24, 2.45) is 7.05 Å². The molecule has 1 N–H and O–H groups in total. The molecule has 0 saturated heterocycles. The fourth-order valence-corrected chi connectivity index (χ4v) is 6.14. The highest BCUT2D eigenvalue weighted by Gasteiger charge is 2.30. The summed E-state index contributed by atoms with van der Waals surface area (Å²) in [5.41, 5.74) is 4.33. The Kier molecular flexibility index (Phi) is 7.93. The van der Waals surface area contributed by atoms with Gasteiger partial charge in [0.05, 0.1) is 6.54 Å². The van der Waals surface area contributed by atoms with Gasteiger partial charge in [0.1, 0.15) is 5.82 Å².